The number of hydrogen-bond acceptors (Lipinski definition) is 4. The summed E-state index contributed by atoms with van der Waals surface area (Å²) in [5.41, 5.74) is 0. The molecule has 0 aromatic heterocycles. The summed E-state index contributed by atoms with van der Waals surface area (Å²) in [4.78, 5) is 12.9. The van der Waals surface area contributed by atoms with Crippen molar-refractivity contribution >= 4 is 39.1 Å². The zero-order valence-electron chi connectivity index (χ0n) is 11.0. The third-order valence-corrected chi connectivity index (χ3v) is 6.48. The van der Waals surface area contributed by atoms with Gasteiger partial charge in [-0.05, 0) is 25.5 Å². The highest BCUT2D eigenvalue weighted by Crippen LogP contribution is 2.30. The van der Waals surface area contributed by atoms with E-state index in [1.807, 2.05) is 18.2 Å². The molecule has 2 rings (SSSR count). The standard InChI is InChI=1S/C13H16ClNO3S2/c1-9(19-12-5-3-2-4-11(12)14)13(16)15-10-6-7-20(17,18)8-10/h2-5,9-10H,6-8H2,1H3,(H,15,16). The van der Waals surface area contributed by atoms with Crippen molar-refractivity contribution in [2.24, 2.45) is 0 Å². The molecule has 20 heavy (non-hydrogen) atoms. The molecule has 0 spiro atoms. The molecule has 7 heteroatoms. The van der Waals surface area contributed by atoms with Gasteiger partial charge in [-0.2, -0.15) is 0 Å². The van der Waals surface area contributed by atoms with E-state index in [2.05, 4.69) is 5.32 Å². The van der Waals surface area contributed by atoms with Gasteiger partial charge in [0.25, 0.3) is 0 Å². The molecular weight excluding hydrogens is 318 g/mol. The van der Waals surface area contributed by atoms with Crippen LogP contribution in [0.15, 0.2) is 29.2 Å². The van der Waals surface area contributed by atoms with Gasteiger partial charge in [0.15, 0.2) is 9.84 Å². The highest BCUT2D eigenvalue weighted by molar-refractivity contribution is 8.00. The van der Waals surface area contributed by atoms with E-state index in [0.717, 1.165) is 4.90 Å². The molecule has 1 heterocycles. The first-order chi connectivity index (χ1) is 9.37. The molecule has 1 aromatic rings. The van der Waals surface area contributed by atoms with Gasteiger partial charge in [-0.3, -0.25) is 4.79 Å². The minimum atomic E-state index is -2.98. The predicted molar refractivity (Wildman–Crippen MR) is 82.0 cm³/mol. The second kappa shape index (κ2) is 6.37. The maximum atomic E-state index is 12.1. The third-order valence-electron chi connectivity index (χ3n) is 3.09. The number of benzene rings is 1. The molecule has 1 amide bonds. The Bertz CT molecular complexity index is 603. The Hall–Kier alpha value is -0.720. The van der Waals surface area contributed by atoms with Gasteiger partial charge in [0.2, 0.25) is 5.91 Å². The number of thioether (sulfide) groups is 1. The van der Waals surface area contributed by atoms with Crippen LogP contribution in [-0.2, 0) is 14.6 Å². The number of rotatable bonds is 4. The van der Waals surface area contributed by atoms with Crippen molar-refractivity contribution in [3.63, 3.8) is 0 Å². The lowest BCUT2D eigenvalue weighted by atomic mass is 10.2. The summed E-state index contributed by atoms with van der Waals surface area (Å²) in [6.45, 7) is 1.78. The monoisotopic (exact) mass is 333 g/mol. The molecule has 1 saturated heterocycles. The molecule has 1 fully saturated rings. The molecule has 2 unspecified atom stereocenters. The average Bonchev–Trinajstić information content (AvgIpc) is 2.71. The smallest absolute Gasteiger partial charge is 0.233 e. The van der Waals surface area contributed by atoms with Crippen molar-refractivity contribution < 1.29 is 13.2 Å². The van der Waals surface area contributed by atoms with Crippen LogP contribution in [0.4, 0.5) is 0 Å². The summed E-state index contributed by atoms with van der Waals surface area (Å²) in [6.07, 6.45) is 0.498. The van der Waals surface area contributed by atoms with E-state index in [-0.39, 0.29) is 28.7 Å². The molecule has 1 aliphatic rings. The van der Waals surface area contributed by atoms with Crippen LogP contribution in [0.25, 0.3) is 0 Å². The molecule has 0 bridgehead atoms. The van der Waals surface area contributed by atoms with E-state index < -0.39 is 9.84 Å². The second-order valence-electron chi connectivity index (χ2n) is 4.80. The van der Waals surface area contributed by atoms with E-state index in [1.54, 1.807) is 13.0 Å². The van der Waals surface area contributed by atoms with Crippen LogP contribution in [0.2, 0.25) is 5.02 Å². The number of carbonyl (C=O) groups excluding carboxylic acids is 1. The summed E-state index contributed by atoms with van der Waals surface area (Å²) >= 11 is 7.42. The van der Waals surface area contributed by atoms with Gasteiger partial charge in [-0.15, -0.1) is 11.8 Å². The van der Waals surface area contributed by atoms with Gasteiger partial charge in [-0.25, -0.2) is 8.42 Å². The van der Waals surface area contributed by atoms with Gasteiger partial charge in [0.1, 0.15) is 0 Å². The highest BCUT2D eigenvalue weighted by Gasteiger charge is 2.30. The summed E-state index contributed by atoms with van der Waals surface area (Å²) in [7, 11) is -2.98. The quantitative estimate of drug-likeness (QED) is 0.857. The van der Waals surface area contributed by atoms with Crippen LogP contribution in [0, 0.1) is 0 Å². The number of nitrogens with one attached hydrogen (secondary N) is 1. The minimum Gasteiger partial charge on any atom is -0.351 e. The van der Waals surface area contributed by atoms with Crippen LogP contribution in [0.5, 0.6) is 0 Å². The molecule has 0 saturated carbocycles. The summed E-state index contributed by atoms with van der Waals surface area (Å²) in [5, 5.41) is 3.08. The third kappa shape index (κ3) is 4.14. The van der Waals surface area contributed by atoms with Gasteiger partial charge in [-0.1, -0.05) is 23.7 Å². The van der Waals surface area contributed by atoms with E-state index in [0.29, 0.717) is 11.4 Å². The van der Waals surface area contributed by atoms with Gasteiger partial charge in [0.05, 0.1) is 21.8 Å². The molecule has 110 valence electrons. The maximum Gasteiger partial charge on any atom is 0.233 e. The second-order valence-corrected chi connectivity index (χ2v) is 8.82. The normalized spacial score (nSPS) is 22.4. The van der Waals surface area contributed by atoms with Crippen molar-refractivity contribution in [2.45, 2.75) is 29.5 Å². The Labute approximate surface area is 128 Å². The highest BCUT2D eigenvalue weighted by atomic mass is 35.5. The van der Waals surface area contributed by atoms with Crippen LogP contribution < -0.4 is 5.32 Å². The van der Waals surface area contributed by atoms with E-state index in [1.165, 1.54) is 11.8 Å². The first kappa shape index (κ1) is 15.7. The van der Waals surface area contributed by atoms with Crippen LogP contribution in [0.3, 0.4) is 0 Å². The molecule has 1 aromatic carbocycles. The number of sulfone groups is 1. The summed E-state index contributed by atoms with van der Waals surface area (Å²) in [5.74, 6) is 0.0451. The number of hydrogen-bond donors (Lipinski definition) is 1. The number of carbonyl (C=O) groups is 1. The Morgan fingerprint density at radius 2 is 2.15 bits per heavy atom. The lowest BCUT2D eigenvalue weighted by molar-refractivity contribution is -0.120. The van der Waals surface area contributed by atoms with Crippen LogP contribution >= 0.6 is 23.4 Å². The lowest BCUT2D eigenvalue weighted by Crippen LogP contribution is -2.39. The molecule has 1 aliphatic heterocycles. The van der Waals surface area contributed by atoms with Crippen LogP contribution in [-0.4, -0.2) is 37.1 Å². The van der Waals surface area contributed by atoms with E-state index in [9.17, 15) is 13.2 Å². The van der Waals surface area contributed by atoms with Gasteiger partial charge >= 0.3 is 0 Å². The van der Waals surface area contributed by atoms with Crippen molar-refractivity contribution in [3.8, 4) is 0 Å². The fourth-order valence-electron chi connectivity index (χ4n) is 2.01. The fraction of sp³-hybridized carbons (Fsp3) is 0.462. The number of amides is 1. The Kier molecular flexibility index (Phi) is 4.99. The fourth-order valence-corrected chi connectivity index (χ4v) is 4.85. The summed E-state index contributed by atoms with van der Waals surface area (Å²) in [6, 6.07) is 7.07. The minimum absolute atomic E-state index is 0.0439. The van der Waals surface area contributed by atoms with Crippen molar-refractivity contribution in [1.82, 2.24) is 5.32 Å². The van der Waals surface area contributed by atoms with Crippen molar-refractivity contribution in [2.75, 3.05) is 11.5 Å². The molecule has 4 nitrogen and oxygen atoms in total. The molecular formula is C13H16ClNO3S2. The van der Waals surface area contributed by atoms with Gasteiger partial charge < -0.3 is 5.32 Å². The Morgan fingerprint density at radius 3 is 2.75 bits per heavy atom. The SMILES string of the molecule is CC(Sc1ccccc1Cl)C(=O)NC1CCS(=O)(=O)C1. The van der Waals surface area contributed by atoms with Crippen molar-refractivity contribution in [3.05, 3.63) is 29.3 Å². The first-order valence-corrected chi connectivity index (χ1v) is 9.37. The first-order valence-electron chi connectivity index (χ1n) is 6.29. The molecule has 0 aliphatic carbocycles. The topological polar surface area (TPSA) is 63.2 Å². The molecule has 2 atom stereocenters. The Balaban J connectivity index is 1.91. The maximum absolute atomic E-state index is 12.1. The van der Waals surface area contributed by atoms with Gasteiger partial charge in [0, 0.05) is 10.9 Å². The molecule has 0 radical (unpaired) electrons. The van der Waals surface area contributed by atoms with E-state index in [4.69, 9.17) is 11.6 Å². The average molecular weight is 334 g/mol. The summed E-state index contributed by atoms with van der Waals surface area (Å²) < 4.78 is 22.7. The predicted octanol–water partition coefficient (Wildman–Crippen LogP) is 2.12. The number of halogens is 1. The molecule has 1 N–H and O–H groups in total. The zero-order chi connectivity index (χ0) is 14.8. The lowest BCUT2D eigenvalue weighted by Gasteiger charge is -2.16. The van der Waals surface area contributed by atoms with E-state index >= 15 is 0 Å². The van der Waals surface area contributed by atoms with Crippen LogP contribution in [0.1, 0.15) is 13.3 Å². The zero-order valence-corrected chi connectivity index (χ0v) is 13.4. The van der Waals surface area contributed by atoms with Crippen molar-refractivity contribution in [1.29, 1.82) is 0 Å². The Morgan fingerprint density at radius 1 is 1.45 bits per heavy atom. The largest absolute Gasteiger partial charge is 0.351 e.